The molecule has 0 atom stereocenters. The third-order valence-corrected chi connectivity index (χ3v) is 5.45. The molecule has 2 amide bonds. The number of likely N-dealkylation sites (tertiary alicyclic amines) is 1. The number of benzene rings is 2. The number of nitrogens with one attached hydrogen (secondary N) is 2. The molecule has 0 aromatic heterocycles. The second-order valence-corrected chi connectivity index (χ2v) is 9.08. The molecule has 2 N–H and O–H groups in total. The predicted molar refractivity (Wildman–Crippen MR) is 125 cm³/mol. The van der Waals surface area contributed by atoms with Crippen LogP contribution in [-0.4, -0.2) is 34.9 Å². The summed E-state index contributed by atoms with van der Waals surface area (Å²) in [6.45, 7) is 8.00. The van der Waals surface area contributed by atoms with Crippen molar-refractivity contribution < 1.29 is 9.59 Å². The Morgan fingerprint density at radius 2 is 1.60 bits per heavy atom. The fraction of sp³-hybridized carbons (Fsp3) is 0.375. The number of rotatable bonds is 3. The van der Waals surface area contributed by atoms with Gasteiger partial charge in [-0.2, -0.15) is 0 Å². The van der Waals surface area contributed by atoms with Crippen molar-refractivity contribution in [1.29, 1.82) is 0 Å². The molecular weight excluding hydrogens is 394 g/mol. The largest absolute Gasteiger partial charge is 0.339 e. The van der Waals surface area contributed by atoms with Gasteiger partial charge in [-0.05, 0) is 72.8 Å². The molecule has 6 heteroatoms. The lowest BCUT2D eigenvalue weighted by Crippen LogP contribution is -2.36. The third-order valence-electron chi connectivity index (χ3n) is 5.25. The minimum atomic E-state index is -0.270. The quantitative estimate of drug-likeness (QED) is 0.700. The number of amides is 2. The van der Waals surface area contributed by atoms with Gasteiger partial charge >= 0.3 is 0 Å². The van der Waals surface area contributed by atoms with Crippen molar-refractivity contribution in [2.45, 2.75) is 45.4 Å². The zero-order chi connectivity index (χ0) is 21.7. The summed E-state index contributed by atoms with van der Waals surface area (Å²) < 4.78 is 0. The van der Waals surface area contributed by atoms with Crippen molar-refractivity contribution in [3.05, 3.63) is 65.2 Å². The van der Waals surface area contributed by atoms with E-state index in [0.717, 1.165) is 31.5 Å². The lowest BCUT2D eigenvalue weighted by atomic mass is 9.87. The van der Waals surface area contributed by atoms with Crippen LogP contribution in [0.25, 0.3) is 0 Å². The van der Waals surface area contributed by atoms with E-state index in [0.29, 0.717) is 16.8 Å². The minimum absolute atomic E-state index is 0.0303. The normalized spacial score (nSPS) is 14.2. The van der Waals surface area contributed by atoms with Crippen LogP contribution in [0.15, 0.2) is 48.5 Å². The standard InChI is InChI=1S/C24H29N3O2S/c1-24(2,3)19-12-10-17(11-13-19)21(28)26-23(30)25-20-9-7-8-18(16-20)22(29)27-14-5-4-6-15-27/h7-13,16H,4-6,14-15H2,1-3H3,(H2,25,26,28,30). The summed E-state index contributed by atoms with van der Waals surface area (Å²) >= 11 is 5.29. The lowest BCUT2D eigenvalue weighted by Gasteiger charge is -2.26. The maximum absolute atomic E-state index is 12.7. The van der Waals surface area contributed by atoms with Gasteiger partial charge in [0.25, 0.3) is 11.8 Å². The van der Waals surface area contributed by atoms with E-state index < -0.39 is 0 Å². The fourth-order valence-corrected chi connectivity index (χ4v) is 3.68. The van der Waals surface area contributed by atoms with Crippen LogP contribution < -0.4 is 10.6 Å². The van der Waals surface area contributed by atoms with Gasteiger partial charge in [0, 0.05) is 29.9 Å². The third kappa shape index (κ3) is 5.66. The Morgan fingerprint density at radius 1 is 0.933 bits per heavy atom. The van der Waals surface area contributed by atoms with Gasteiger partial charge in [-0.3, -0.25) is 14.9 Å². The van der Waals surface area contributed by atoms with E-state index in [1.807, 2.05) is 29.2 Å². The molecule has 0 unspecified atom stereocenters. The van der Waals surface area contributed by atoms with E-state index in [2.05, 4.69) is 31.4 Å². The highest BCUT2D eigenvalue weighted by Gasteiger charge is 2.19. The highest BCUT2D eigenvalue weighted by molar-refractivity contribution is 7.80. The summed E-state index contributed by atoms with van der Waals surface area (Å²) in [5, 5.41) is 5.90. The van der Waals surface area contributed by atoms with Crippen LogP contribution in [-0.2, 0) is 5.41 Å². The van der Waals surface area contributed by atoms with Gasteiger partial charge in [0.1, 0.15) is 0 Å². The van der Waals surface area contributed by atoms with Gasteiger partial charge in [-0.25, -0.2) is 0 Å². The monoisotopic (exact) mass is 423 g/mol. The van der Waals surface area contributed by atoms with Crippen molar-refractivity contribution in [2.24, 2.45) is 0 Å². The van der Waals surface area contributed by atoms with Crippen molar-refractivity contribution in [2.75, 3.05) is 18.4 Å². The maximum Gasteiger partial charge on any atom is 0.257 e. The van der Waals surface area contributed by atoms with Gasteiger partial charge in [-0.1, -0.05) is 39.0 Å². The van der Waals surface area contributed by atoms with Gasteiger partial charge in [0.2, 0.25) is 0 Å². The first-order valence-electron chi connectivity index (χ1n) is 10.4. The molecule has 0 aliphatic carbocycles. The zero-order valence-electron chi connectivity index (χ0n) is 17.8. The number of hydrogen-bond acceptors (Lipinski definition) is 3. The average molecular weight is 424 g/mol. The molecule has 1 aliphatic heterocycles. The average Bonchev–Trinajstić information content (AvgIpc) is 2.73. The molecule has 0 saturated carbocycles. The molecule has 30 heavy (non-hydrogen) atoms. The van der Waals surface area contributed by atoms with E-state index >= 15 is 0 Å². The molecule has 2 aromatic carbocycles. The van der Waals surface area contributed by atoms with Gasteiger partial charge in [-0.15, -0.1) is 0 Å². The second kappa shape index (κ2) is 9.39. The first kappa shape index (κ1) is 22.0. The summed E-state index contributed by atoms with van der Waals surface area (Å²) in [6.07, 6.45) is 3.28. The molecule has 0 spiro atoms. The Morgan fingerprint density at radius 3 is 2.23 bits per heavy atom. The van der Waals surface area contributed by atoms with Gasteiger partial charge in [0.15, 0.2) is 5.11 Å². The predicted octanol–water partition coefficient (Wildman–Crippen LogP) is 4.74. The van der Waals surface area contributed by atoms with E-state index in [1.54, 1.807) is 24.3 Å². The minimum Gasteiger partial charge on any atom is -0.339 e. The molecule has 1 aliphatic rings. The molecule has 1 fully saturated rings. The molecule has 158 valence electrons. The Labute approximate surface area is 183 Å². The number of hydrogen-bond donors (Lipinski definition) is 2. The highest BCUT2D eigenvalue weighted by Crippen LogP contribution is 2.22. The number of thiocarbonyl (C=S) groups is 1. The highest BCUT2D eigenvalue weighted by atomic mass is 32.1. The van der Waals surface area contributed by atoms with Crippen molar-refractivity contribution in [3.63, 3.8) is 0 Å². The molecule has 2 aromatic rings. The summed E-state index contributed by atoms with van der Waals surface area (Å²) in [5.41, 5.74) is 3.03. The van der Waals surface area contributed by atoms with Crippen molar-refractivity contribution in [3.8, 4) is 0 Å². The SMILES string of the molecule is CC(C)(C)c1ccc(C(=O)NC(=S)Nc2cccc(C(=O)N3CCCCC3)c2)cc1. The van der Waals surface area contributed by atoms with Crippen LogP contribution in [0, 0.1) is 0 Å². The smallest absolute Gasteiger partial charge is 0.257 e. The van der Waals surface area contributed by atoms with E-state index in [4.69, 9.17) is 12.2 Å². The first-order chi connectivity index (χ1) is 14.2. The Bertz CT molecular complexity index is 926. The van der Waals surface area contributed by atoms with Crippen LogP contribution >= 0.6 is 12.2 Å². The topological polar surface area (TPSA) is 61.4 Å². The number of carbonyl (C=O) groups is 2. The van der Waals surface area contributed by atoms with Crippen LogP contribution in [0.1, 0.15) is 66.3 Å². The molecule has 5 nitrogen and oxygen atoms in total. The Balaban J connectivity index is 1.60. The number of piperidine rings is 1. The lowest BCUT2D eigenvalue weighted by molar-refractivity contribution is 0.0724. The van der Waals surface area contributed by atoms with E-state index in [9.17, 15) is 9.59 Å². The Hall–Kier alpha value is -2.73. The first-order valence-corrected chi connectivity index (χ1v) is 10.8. The summed E-state index contributed by atoms with van der Waals surface area (Å²) in [6, 6.07) is 14.7. The zero-order valence-corrected chi connectivity index (χ0v) is 18.6. The van der Waals surface area contributed by atoms with Gasteiger partial charge < -0.3 is 10.2 Å². The number of anilines is 1. The second-order valence-electron chi connectivity index (χ2n) is 8.67. The molecule has 1 heterocycles. The Kier molecular flexibility index (Phi) is 6.87. The van der Waals surface area contributed by atoms with Gasteiger partial charge in [0.05, 0.1) is 0 Å². The molecule has 0 radical (unpaired) electrons. The summed E-state index contributed by atoms with van der Waals surface area (Å²) in [5.74, 6) is -0.235. The summed E-state index contributed by atoms with van der Waals surface area (Å²) in [7, 11) is 0. The van der Waals surface area contributed by atoms with Crippen molar-refractivity contribution >= 4 is 34.8 Å². The molecular formula is C24H29N3O2S. The molecule has 3 rings (SSSR count). The van der Waals surface area contributed by atoms with Crippen LogP contribution in [0.3, 0.4) is 0 Å². The number of carbonyl (C=O) groups excluding carboxylic acids is 2. The van der Waals surface area contributed by atoms with E-state index in [-0.39, 0.29) is 22.3 Å². The molecule has 1 saturated heterocycles. The fourth-order valence-electron chi connectivity index (χ4n) is 3.47. The number of nitrogens with zero attached hydrogens (tertiary/aromatic N) is 1. The molecule has 0 bridgehead atoms. The van der Waals surface area contributed by atoms with Crippen LogP contribution in [0.2, 0.25) is 0 Å². The maximum atomic E-state index is 12.7. The van der Waals surface area contributed by atoms with E-state index in [1.165, 1.54) is 6.42 Å². The summed E-state index contributed by atoms with van der Waals surface area (Å²) in [4.78, 5) is 27.1. The van der Waals surface area contributed by atoms with Crippen LogP contribution in [0.5, 0.6) is 0 Å². The van der Waals surface area contributed by atoms with Crippen molar-refractivity contribution in [1.82, 2.24) is 10.2 Å². The van der Waals surface area contributed by atoms with Crippen LogP contribution in [0.4, 0.5) is 5.69 Å².